The van der Waals surface area contributed by atoms with Crippen molar-refractivity contribution in [2.75, 3.05) is 19.8 Å². The first-order valence-corrected chi connectivity index (χ1v) is 8.50. The van der Waals surface area contributed by atoms with E-state index in [-0.39, 0.29) is 12.0 Å². The van der Waals surface area contributed by atoms with Crippen molar-refractivity contribution in [3.63, 3.8) is 0 Å². The van der Waals surface area contributed by atoms with Crippen molar-refractivity contribution in [3.05, 3.63) is 11.6 Å². The van der Waals surface area contributed by atoms with Gasteiger partial charge in [0.25, 0.3) is 5.91 Å². The van der Waals surface area contributed by atoms with Crippen molar-refractivity contribution in [3.8, 4) is 0 Å². The lowest BCUT2D eigenvalue weighted by Crippen LogP contribution is -2.44. The SMILES string of the molecule is CC(C)c1nnc2n1CCN(C(=O)[C@H](C)OC[C@H]1CCCO1)C2. The Morgan fingerprint density at radius 3 is 2.87 bits per heavy atom. The van der Waals surface area contributed by atoms with E-state index in [9.17, 15) is 4.79 Å². The standard InChI is InChI=1S/C16H26N4O3/c1-11(2)15-18-17-14-9-19(6-7-20(14)15)16(21)12(3)23-10-13-5-4-8-22-13/h11-13H,4-10H2,1-3H3/t12-,13+/m0/s1. The summed E-state index contributed by atoms with van der Waals surface area (Å²) in [6, 6.07) is 0. The average molecular weight is 322 g/mol. The fraction of sp³-hybridized carbons (Fsp3) is 0.812. The van der Waals surface area contributed by atoms with Gasteiger partial charge in [-0.05, 0) is 19.8 Å². The van der Waals surface area contributed by atoms with E-state index >= 15 is 0 Å². The van der Waals surface area contributed by atoms with Crippen molar-refractivity contribution >= 4 is 5.91 Å². The third kappa shape index (κ3) is 3.55. The maximum Gasteiger partial charge on any atom is 0.251 e. The molecule has 3 heterocycles. The van der Waals surface area contributed by atoms with Crippen LogP contribution in [0.15, 0.2) is 0 Å². The number of rotatable bonds is 5. The summed E-state index contributed by atoms with van der Waals surface area (Å²) in [6.45, 7) is 9.26. The molecule has 3 rings (SSSR count). The molecular weight excluding hydrogens is 296 g/mol. The minimum atomic E-state index is -0.446. The molecule has 0 radical (unpaired) electrons. The molecule has 0 N–H and O–H groups in total. The van der Waals surface area contributed by atoms with Gasteiger partial charge in [-0.3, -0.25) is 4.79 Å². The molecule has 0 aromatic carbocycles. The topological polar surface area (TPSA) is 69.5 Å². The molecule has 2 aliphatic rings. The molecule has 1 fully saturated rings. The first kappa shape index (κ1) is 16.4. The van der Waals surface area contributed by atoms with Gasteiger partial charge in [0, 0.05) is 25.6 Å². The molecule has 0 unspecified atom stereocenters. The van der Waals surface area contributed by atoms with Gasteiger partial charge in [0.2, 0.25) is 0 Å². The van der Waals surface area contributed by atoms with Gasteiger partial charge in [-0.25, -0.2) is 0 Å². The molecule has 1 aromatic rings. The molecule has 23 heavy (non-hydrogen) atoms. The van der Waals surface area contributed by atoms with Crippen molar-refractivity contribution in [1.82, 2.24) is 19.7 Å². The monoisotopic (exact) mass is 322 g/mol. The lowest BCUT2D eigenvalue weighted by atomic mass is 10.2. The third-order valence-corrected chi connectivity index (χ3v) is 4.51. The van der Waals surface area contributed by atoms with Gasteiger partial charge >= 0.3 is 0 Å². The number of hydrogen-bond donors (Lipinski definition) is 0. The summed E-state index contributed by atoms with van der Waals surface area (Å²) in [5, 5.41) is 8.49. The van der Waals surface area contributed by atoms with Gasteiger partial charge in [-0.2, -0.15) is 0 Å². The molecule has 1 saturated heterocycles. The number of carbonyl (C=O) groups excluding carboxylic acids is 1. The zero-order valence-corrected chi connectivity index (χ0v) is 14.2. The Balaban J connectivity index is 1.55. The summed E-state index contributed by atoms with van der Waals surface area (Å²) in [7, 11) is 0. The van der Waals surface area contributed by atoms with Crippen molar-refractivity contribution in [2.45, 2.75) is 64.8 Å². The highest BCUT2D eigenvalue weighted by Crippen LogP contribution is 2.19. The van der Waals surface area contributed by atoms with Gasteiger partial charge in [-0.15, -0.1) is 10.2 Å². The van der Waals surface area contributed by atoms with Crippen LogP contribution in [-0.2, 0) is 27.4 Å². The second-order valence-electron chi connectivity index (χ2n) is 6.65. The summed E-state index contributed by atoms with van der Waals surface area (Å²) in [4.78, 5) is 14.4. The molecular formula is C16H26N4O3. The maximum atomic E-state index is 12.6. The quantitative estimate of drug-likeness (QED) is 0.818. The molecule has 0 saturated carbocycles. The predicted molar refractivity (Wildman–Crippen MR) is 83.9 cm³/mol. The van der Waals surface area contributed by atoms with E-state index in [0.29, 0.717) is 25.6 Å². The zero-order chi connectivity index (χ0) is 16.4. The van der Waals surface area contributed by atoms with E-state index in [1.54, 1.807) is 0 Å². The molecule has 2 atom stereocenters. The van der Waals surface area contributed by atoms with Gasteiger partial charge in [0.15, 0.2) is 5.82 Å². The van der Waals surface area contributed by atoms with Crippen LogP contribution in [0.25, 0.3) is 0 Å². The van der Waals surface area contributed by atoms with Crippen LogP contribution in [0.3, 0.4) is 0 Å². The summed E-state index contributed by atoms with van der Waals surface area (Å²) in [5.74, 6) is 2.21. The van der Waals surface area contributed by atoms with Crippen LogP contribution in [0.5, 0.6) is 0 Å². The molecule has 7 nitrogen and oxygen atoms in total. The smallest absolute Gasteiger partial charge is 0.251 e. The Morgan fingerprint density at radius 2 is 2.17 bits per heavy atom. The Morgan fingerprint density at radius 1 is 1.35 bits per heavy atom. The molecule has 0 spiro atoms. The lowest BCUT2D eigenvalue weighted by Gasteiger charge is -2.30. The van der Waals surface area contributed by atoms with Crippen LogP contribution in [0.2, 0.25) is 0 Å². The summed E-state index contributed by atoms with van der Waals surface area (Å²) in [5.41, 5.74) is 0. The number of fused-ring (bicyclic) bond motifs is 1. The second-order valence-corrected chi connectivity index (χ2v) is 6.65. The number of amides is 1. The van der Waals surface area contributed by atoms with E-state index in [1.807, 2.05) is 11.8 Å². The maximum absolute atomic E-state index is 12.6. The summed E-state index contributed by atoms with van der Waals surface area (Å²) < 4.78 is 13.4. The van der Waals surface area contributed by atoms with Gasteiger partial charge in [0.1, 0.15) is 11.9 Å². The average Bonchev–Trinajstić information content (AvgIpc) is 3.20. The number of aromatic nitrogens is 3. The second kappa shape index (κ2) is 6.97. The van der Waals surface area contributed by atoms with E-state index in [4.69, 9.17) is 9.47 Å². The van der Waals surface area contributed by atoms with Gasteiger partial charge in [0.05, 0.1) is 19.3 Å². The van der Waals surface area contributed by atoms with Crippen LogP contribution in [-0.4, -0.2) is 57.5 Å². The van der Waals surface area contributed by atoms with Crippen LogP contribution in [0.1, 0.15) is 51.2 Å². The van der Waals surface area contributed by atoms with Gasteiger partial charge < -0.3 is 18.9 Å². The largest absolute Gasteiger partial charge is 0.376 e. The minimum absolute atomic E-state index is 0.0170. The van der Waals surface area contributed by atoms with E-state index in [0.717, 1.165) is 37.6 Å². The first-order valence-electron chi connectivity index (χ1n) is 8.50. The van der Waals surface area contributed by atoms with Gasteiger partial charge in [-0.1, -0.05) is 13.8 Å². The van der Waals surface area contributed by atoms with E-state index < -0.39 is 6.10 Å². The van der Waals surface area contributed by atoms with Crippen LogP contribution in [0.4, 0.5) is 0 Å². The highest BCUT2D eigenvalue weighted by molar-refractivity contribution is 5.80. The van der Waals surface area contributed by atoms with Crippen molar-refractivity contribution in [1.29, 1.82) is 0 Å². The van der Waals surface area contributed by atoms with E-state index in [1.165, 1.54) is 0 Å². The van der Waals surface area contributed by atoms with E-state index in [2.05, 4.69) is 28.6 Å². The molecule has 2 aliphatic heterocycles. The predicted octanol–water partition coefficient (Wildman–Crippen LogP) is 1.33. The molecule has 0 bridgehead atoms. The number of hydrogen-bond acceptors (Lipinski definition) is 5. The Bertz CT molecular complexity index is 552. The van der Waals surface area contributed by atoms with Crippen LogP contribution < -0.4 is 0 Å². The molecule has 1 aromatic heterocycles. The number of carbonyl (C=O) groups is 1. The number of nitrogens with zero attached hydrogens (tertiary/aromatic N) is 4. The van der Waals surface area contributed by atoms with Crippen LogP contribution >= 0.6 is 0 Å². The van der Waals surface area contributed by atoms with Crippen molar-refractivity contribution in [2.24, 2.45) is 0 Å². The molecule has 128 valence electrons. The lowest BCUT2D eigenvalue weighted by molar-refractivity contribution is -0.146. The Labute approximate surface area is 137 Å². The third-order valence-electron chi connectivity index (χ3n) is 4.51. The first-order chi connectivity index (χ1) is 11.1. The Hall–Kier alpha value is -1.47. The molecule has 7 heteroatoms. The fourth-order valence-corrected chi connectivity index (χ4v) is 3.15. The highest BCUT2D eigenvalue weighted by atomic mass is 16.5. The Kier molecular flexibility index (Phi) is 4.96. The fourth-order valence-electron chi connectivity index (χ4n) is 3.15. The summed E-state index contributed by atoms with van der Waals surface area (Å²) in [6.07, 6.45) is 1.80. The van der Waals surface area contributed by atoms with Crippen molar-refractivity contribution < 1.29 is 14.3 Å². The number of ether oxygens (including phenoxy) is 2. The highest BCUT2D eigenvalue weighted by Gasteiger charge is 2.29. The summed E-state index contributed by atoms with van der Waals surface area (Å²) >= 11 is 0. The molecule has 0 aliphatic carbocycles. The normalized spacial score (nSPS) is 22.4. The molecule has 1 amide bonds. The zero-order valence-electron chi connectivity index (χ0n) is 14.2. The van der Waals surface area contributed by atoms with Crippen LogP contribution in [0, 0.1) is 0 Å². The minimum Gasteiger partial charge on any atom is -0.376 e.